The number of nitrogens with two attached hydrogens (primary N) is 2. The molecule has 0 bridgehead atoms. The highest BCUT2D eigenvalue weighted by Gasteiger charge is 2.64. The molecule has 216 valence electrons. The predicted octanol–water partition coefficient (Wildman–Crippen LogP) is 2.83. The van der Waals surface area contributed by atoms with Crippen molar-refractivity contribution in [1.82, 2.24) is 0 Å². The number of hydrogen-bond acceptors (Lipinski definition) is 9. The molecule has 3 aliphatic rings. The van der Waals surface area contributed by atoms with Gasteiger partial charge in [0.2, 0.25) is 5.78 Å². The van der Waals surface area contributed by atoms with Crippen LogP contribution in [0.3, 0.4) is 0 Å². The van der Waals surface area contributed by atoms with Gasteiger partial charge in [-0.05, 0) is 66.5 Å². The van der Waals surface area contributed by atoms with Gasteiger partial charge in [-0.1, -0.05) is 26.0 Å². The summed E-state index contributed by atoms with van der Waals surface area (Å²) < 4.78 is 5.67. The lowest BCUT2D eigenvalue weighted by Crippen LogP contribution is -2.62. The summed E-state index contributed by atoms with van der Waals surface area (Å²) in [7, 11) is 0. The second-order valence-corrected chi connectivity index (χ2v) is 11.3. The number of phenolic OH excluding ortho intramolecular Hbond substituents is 1. The minimum atomic E-state index is -2.64. The molecule has 10 nitrogen and oxygen atoms in total. The zero-order valence-electron chi connectivity index (χ0n) is 23.1. The number of aromatic hydroxyl groups is 1. The maximum atomic E-state index is 14.0. The molecule has 0 spiro atoms. The fourth-order valence-corrected chi connectivity index (χ4v) is 6.96. The average molecular weight is 563 g/mol. The summed E-state index contributed by atoms with van der Waals surface area (Å²) in [5.74, 6) is -7.31. The van der Waals surface area contributed by atoms with Crippen LogP contribution >= 0.6 is 0 Å². The van der Waals surface area contributed by atoms with Gasteiger partial charge in [0.1, 0.15) is 28.6 Å². The van der Waals surface area contributed by atoms with Crippen LogP contribution in [0.5, 0.6) is 11.5 Å². The Hall–Kier alpha value is -4.15. The summed E-state index contributed by atoms with van der Waals surface area (Å²) in [6.07, 6.45) is 0.256. The summed E-state index contributed by atoms with van der Waals surface area (Å²) in [4.78, 5) is 39.5. The van der Waals surface area contributed by atoms with E-state index in [4.69, 9.17) is 16.2 Å². The number of hydrogen-bond donors (Lipinski definition) is 6. The molecular formula is C31H34N2O8. The van der Waals surface area contributed by atoms with Gasteiger partial charge >= 0.3 is 0 Å². The molecule has 0 aliphatic heterocycles. The largest absolute Gasteiger partial charge is 0.508 e. The minimum Gasteiger partial charge on any atom is -0.508 e. The Balaban J connectivity index is 1.71. The number of Topliss-reactive ketones (excluding diaryl/α,β-unsaturated/α-hetero) is 2. The van der Waals surface area contributed by atoms with Crippen LogP contribution in [-0.2, 0) is 27.3 Å². The molecule has 1 fully saturated rings. The summed E-state index contributed by atoms with van der Waals surface area (Å²) >= 11 is 0. The molecule has 2 aromatic rings. The molecule has 10 heteroatoms. The molecule has 4 atom stereocenters. The molecule has 0 aromatic heterocycles. The average Bonchev–Trinajstić information content (AvgIpc) is 2.91. The third-order valence-electron chi connectivity index (χ3n) is 8.74. The van der Waals surface area contributed by atoms with Gasteiger partial charge in [0.05, 0.1) is 12.2 Å². The molecule has 0 radical (unpaired) electrons. The molecule has 0 saturated heterocycles. The topological polar surface area (TPSA) is 193 Å². The first-order chi connectivity index (χ1) is 19.4. The number of fused-ring (bicyclic) bond motifs is 3. The Labute approximate surface area is 236 Å². The van der Waals surface area contributed by atoms with Crippen LogP contribution in [0.4, 0.5) is 0 Å². The lowest BCUT2D eigenvalue weighted by molar-refractivity contribution is -0.155. The first-order valence-electron chi connectivity index (χ1n) is 13.7. The Morgan fingerprint density at radius 1 is 1.15 bits per heavy atom. The first kappa shape index (κ1) is 28.4. The van der Waals surface area contributed by atoms with Crippen molar-refractivity contribution in [2.24, 2.45) is 35.1 Å². The maximum Gasteiger partial charge on any atom is 0.255 e. The van der Waals surface area contributed by atoms with E-state index in [2.05, 4.69) is 0 Å². The summed E-state index contributed by atoms with van der Waals surface area (Å²) in [6.45, 7) is 6.02. The second-order valence-electron chi connectivity index (χ2n) is 11.3. The summed E-state index contributed by atoms with van der Waals surface area (Å²) in [5.41, 5.74) is 10.6. The van der Waals surface area contributed by atoms with E-state index in [1.165, 1.54) is 6.07 Å². The summed E-state index contributed by atoms with van der Waals surface area (Å²) in [5, 5.41) is 45.1. The number of ether oxygens (including phenoxy) is 1. The minimum absolute atomic E-state index is 0.0400. The van der Waals surface area contributed by atoms with Crippen LogP contribution in [0.2, 0.25) is 0 Å². The van der Waals surface area contributed by atoms with E-state index in [0.29, 0.717) is 23.5 Å². The van der Waals surface area contributed by atoms with Crippen molar-refractivity contribution < 1.29 is 39.5 Å². The fourth-order valence-electron chi connectivity index (χ4n) is 6.96. The standard InChI is InChI=1S/C31H34N2O8/c1-4-41-21-8-5-14(9-16(21)12-32)17-6-7-20(34)24-18(17)10-15-11-19-22(13(2)3)26(35)25(30(33)39)29(38)31(19,40)28(37)23(15)27(24)36/h5-9,13,15,19,22,34,36,38,40H,4,10-12,32H2,1-3H3,(H2,33,39)/t15-,19-,22-,31-/m0/s1. The van der Waals surface area contributed by atoms with Crippen molar-refractivity contribution in [3.63, 3.8) is 0 Å². The van der Waals surface area contributed by atoms with Crippen LogP contribution in [0, 0.1) is 23.7 Å². The number of ketones is 2. The van der Waals surface area contributed by atoms with E-state index in [1.807, 2.05) is 19.1 Å². The molecule has 1 amide bonds. The van der Waals surface area contributed by atoms with E-state index < -0.39 is 63.8 Å². The number of carbonyl (C=O) groups excluding carboxylic acids is 3. The van der Waals surface area contributed by atoms with Crippen molar-refractivity contribution in [3.8, 4) is 22.6 Å². The van der Waals surface area contributed by atoms with Crippen molar-refractivity contribution in [2.75, 3.05) is 6.61 Å². The van der Waals surface area contributed by atoms with Gasteiger partial charge in [-0.25, -0.2) is 0 Å². The van der Waals surface area contributed by atoms with Crippen LogP contribution in [0.15, 0.2) is 47.2 Å². The Bertz CT molecular complexity index is 1560. The normalized spacial score (nSPS) is 25.7. The highest BCUT2D eigenvalue weighted by atomic mass is 16.5. The van der Waals surface area contributed by atoms with E-state index >= 15 is 0 Å². The lowest BCUT2D eigenvalue weighted by atomic mass is 9.54. The van der Waals surface area contributed by atoms with E-state index in [1.54, 1.807) is 26.0 Å². The maximum absolute atomic E-state index is 14.0. The van der Waals surface area contributed by atoms with E-state index in [-0.39, 0.29) is 36.3 Å². The van der Waals surface area contributed by atoms with Gasteiger partial charge in [0, 0.05) is 29.5 Å². The van der Waals surface area contributed by atoms with Gasteiger partial charge in [0.15, 0.2) is 11.4 Å². The third kappa shape index (κ3) is 4.04. The number of rotatable bonds is 6. The van der Waals surface area contributed by atoms with Gasteiger partial charge < -0.3 is 36.6 Å². The molecule has 5 rings (SSSR count). The first-order valence-corrected chi connectivity index (χ1v) is 13.7. The Morgan fingerprint density at radius 2 is 1.85 bits per heavy atom. The number of amides is 1. The second kappa shape index (κ2) is 10.0. The highest BCUT2D eigenvalue weighted by molar-refractivity contribution is 6.23. The quantitative estimate of drug-likeness (QED) is 0.287. The SMILES string of the molecule is CCOc1ccc(-c2ccc(O)c3c2C[C@H]2C[C@H]4[C@H](C(C)C)C(=O)C(C(N)=O)=C(O)[C@@]4(O)C(=O)C2=C3O)cc1CN. The lowest BCUT2D eigenvalue weighted by Gasteiger charge is -2.50. The number of phenols is 1. The van der Waals surface area contributed by atoms with Crippen LogP contribution in [0.25, 0.3) is 16.9 Å². The van der Waals surface area contributed by atoms with Crippen molar-refractivity contribution in [1.29, 1.82) is 0 Å². The van der Waals surface area contributed by atoms with E-state index in [0.717, 1.165) is 11.1 Å². The number of aliphatic hydroxyl groups excluding tert-OH is 2. The predicted molar refractivity (Wildman–Crippen MR) is 150 cm³/mol. The molecule has 2 aromatic carbocycles. The molecule has 41 heavy (non-hydrogen) atoms. The molecular weight excluding hydrogens is 528 g/mol. The molecule has 0 heterocycles. The molecule has 1 saturated carbocycles. The fraction of sp³-hybridized carbons (Fsp3) is 0.387. The zero-order chi connectivity index (χ0) is 30.0. The van der Waals surface area contributed by atoms with Crippen LogP contribution in [-0.4, -0.2) is 50.1 Å². The van der Waals surface area contributed by atoms with E-state index in [9.17, 15) is 34.8 Å². The van der Waals surface area contributed by atoms with Crippen molar-refractivity contribution in [3.05, 3.63) is 63.9 Å². The number of carbonyl (C=O) groups is 3. The highest BCUT2D eigenvalue weighted by Crippen LogP contribution is 2.55. The van der Waals surface area contributed by atoms with Gasteiger partial charge in [0.25, 0.3) is 5.91 Å². The van der Waals surface area contributed by atoms with Crippen molar-refractivity contribution in [2.45, 2.75) is 45.8 Å². The van der Waals surface area contributed by atoms with Gasteiger partial charge in [-0.15, -0.1) is 0 Å². The van der Waals surface area contributed by atoms with Crippen LogP contribution < -0.4 is 16.2 Å². The molecule has 0 unspecified atom stereocenters. The summed E-state index contributed by atoms with van der Waals surface area (Å²) in [6, 6.07) is 8.66. The molecule has 3 aliphatic carbocycles. The molecule has 8 N–H and O–H groups in total. The third-order valence-corrected chi connectivity index (χ3v) is 8.74. The zero-order valence-corrected chi connectivity index (χ0v) is 23.1. The number of benzene rings is 2. The van der Waals surface area contributed by atoms with Gasteiger partial charge in [-0.2, -0.15) is 0 Å². The van der Waals surface area contributed by atoms with Gasteiger partial charge in [-0.3, -0.25) is 14.4 Å². The number of aliphatic hydroxyl groups is 3. The smallest absolute Gasteiger partial charge is 0.255 e. The monoisotopic (exact) mass is 562 g/mol. The Morgan fingerprint density at radius 3 is 2.46 bits per heavy atom. The van der Waals surface area contributed by atoms with Crippen molar-refractivity contribution >= 4 is 23.2 Å². The Kier molecular flexibility index (Phi) is 6.95. The number of primary amides is 1. The van der Waals surface area contributed by atoms with Crippen LogP contribution in [0.1, 0.15) is 43.9 Å².